The topological polar surface area (TPSA) is 61.8 Å². The zero-order valence-electron chi connectivity index (χ0n) is 15.1. The fourth-order valence-electron chi connectivity index (χ4n) is 3.27. The zero-order chi connectivity index (χ0) is 18.4. The van der Waals surface area contributed by atoms with E-state index in [2.05, 4.69) is 10.2 Å². The van der Waals surface area contributed by atoms with Crippen molar-refractivity contribution in [3.05, 3.63) is 54.1 Å². The molecule has 26 heavy (non-hydrogen) atoms. The van der Waals surface area contributed by atoms with Crippen LogP contribution in [0.2, 0.25) is 0 Å². The maximum absolute atomic E-state index is 12.2. The van der Waals surface area contributed by atoms with E-state index in [1.807, 2.05) is 55.5 Å². The molecular formula is C21H26N2O3. The molecule has 1 unspecified atom stereocenters. The van der Waals surface area contributed by atoms with Crippen molar-refractivity contribution in [2.45, 2.75) is 19.8 Å². The number of nitrogens with one attached hydrogen (secondary N) is 1. The monoisotopic (exact) mass is 354 g/mol. The Labute approximate surface area is 154 Å². The van der Waals surface area contributed by atoms with Crippen molar-refractivity contribution in [2.75, 3.05) is 31.6 Å². The molecule has 0 spiro atoms. The average Bonchev–Trinajstić information content (AvgIpc) is 2.63. The van der Waals surface area contributed by atoms with Gasteiger partial charge in [-0.05, 0) is 74.2 Å². The number of amides is 1. The van der Waals surface area contributed by atoms with Crippen LogP contribution in [0.15, 0.2) is 48.5 Å². The molecule has 1 aliphatic heterocycles. The lowest BCUT2D eigenvalue weighted by Gasteiger charge is -2.31. The first-order valence-electron chi connectivity index (χ1n) is 9.10. The van der Waals surface area contributed by atoms with Crippen LogP contribution in [-0.2, 0) is 4.79 Å². The summed E-state index contributed by atoms with van der Waals surface area (Å²) in [6.45, 7) is 4.27. The lowest BCUT2D eigenvalue weighted by atomic mass is 9.99. The highest BCUT2D eigenvalue weighted by Gasteiger charge is 2.20. The molecule has 138 valence electrons. The summed E-state index contributed by atoms with van der Waals surface area (Å²) in [7, 11) is 0. The second kappa shape index (κ2) is 8.83. The lowest BCUT2D eigenvalue weighted by Crippen LogP contribution is -2.41. The summed E-state index contributed by atoms with van der Waals surface area (Å²) < 4.78 is 5.82. The molecule has 0 radical (unpaired) electrons. The van der Waals surface area contributed by atoms with Gasteiger partial charge in [-0.25, -0.2) is 0 Å². The largest absolute Gasteiger partial charge is 0.457 e. The van der Waals surface area contributed by atoms with Crippen molar-refractivity contribution in [2.24, 2.45) is 5.92 Å². The Kier molecular flexibility index (Phi) is 6.26. The second-order valence-corrected chi connectivity index (χ2v) is 6.92. The fourth-order valence-corrected chi connectivity index (χ4v) is 3.27. The number of ether oxygens (including phenoxy) is 1. The molecule has 2 N–H and O–H groups in total. The summed E-state index contributed by atoms with van der Waals surface area (Å²) in [5.74, 6) is 1.78. The Morgan fingerprint density at radius 1 is 1.23 bits per heavy atom. The predicted molar refractivity (Wildman–Crippen MR) is 103 cm³/mol. The summed E-state index contributed by atoms with van der Waals surface area (Å²) >= 11 is 0. The summed E-state index contributed by atoms with van der Waals surface area (Å²) in [5, 5.41) is 12.2. The van der Waals surface area contributed by atoms with Crippen molar-refractivity contribution in [1.82, 2.24) is 4.90 Å². The van der Waals surface area contributed by atoms with Gasteiger partial charge in [-0.1, -0.05) is 12.1 Å². The van der Waals surface area contributed by atoms with Crippen molar-refractivity contribution >= 4 is 11.6 Å². The number of aryl methyl sites for hydroxylation is 1. The van der Waals surface area contributed by atoms with Crippen LogP contribution in [0.1, 0.15) is 18.4 Å². The van der Waals surface area contributed by atoms with E-state index in [1.54, 1.807) is 0 Å². The van der Waals surface area contributed by atoms with Crippen molar-refractivity contribution in [1.29, 1.82) is 0 Å². The number of aliphatic hydroxyl groups is 1. The van der Waals surface area contributed by atoms with Gasteiger partial charge in [0, 0.05) is 18.8 Å². The summed E-state index contributed by atoms with van der Waals surface area (Å²) in [6, 6.07) is 15.3. The van der Waals surface area contributed by atoms with E-state index in [-0.39, 0.29) is 18.4 Å². The number of piperidine rings is 1. The van der Waals surface area contributed by atoms with Gasteiger partial charge in [-0.3, -0.25) is 9.69 Å². The number of carbonyl (C=O) groups excluding carboxylic acids is 1. The number of rotatable bonds is 6. The SMILES string of the molecule is Cc1cccc(Oc2ccc(NC(=O)CN3CCCC(CO)C3)cc2)c1. The predicted octanol–water partition coefficient (Wildman–Crippen LogP) is 3.43. The van der Waals surface area contributed by atoms with Gasteiger partial charge in [-0.15, -0.1) is 0 Å². The van der Waals surface area contributed by atoms with Crippen molar-refractivity contribution < 1.29 is 14.6 Å². The van der Waals surface area contributed by atoms with Crippen molar-refractivity contribution in [3.8, 4) is 11.5 Å². The lowest BCUT2D eigenvalue weighted by molar-refractivity contribution is -0.117. The van der Waals surface area contributed by atoms with E-state index in [0.717, 1.165) is 48.7 Å². The quantitative estimate of drug-likeness (QED) is 0.834. The van der Waals surface area contributed by atoms with Gasteiger partial charge in [0.2, 0.25) is 5.91 Å². The molecule has 2 aromatic carbocycles. The Hall–Kier alpha value is -2.37. The second-order valence-electron chi connectivity index (χ2n) is 6.92. The van der Waals surface area contributed by atoms with Crippen molar-refractivity contribution in [3.63, 3.8) is 0 Å². The Morgan fingerprint density at radius 2 is 2.04 bits per heavy atom. The van der Waals surface area contributed by atoms with Crippen LogP contribution in [0.25, 0.3) is 0 Å². The molecule has 5 heteroatoms. The minimum absolute atomic E-state index is 0.0315. The molecule has 1 heterocycles. The van der Waals surface area contributed by atoms with Gasteiger partial charge in [0.1, 0.15) is 11.5 Å². The Morgan fingerprint density at radius 3 is 2.77 bits per heavy atom. The molecule has 3 rings (SSSR count). The van der Waals surface area contributed by atoms with E-state index in [4.69, 9.17) is 4.74 Å². The van der Waals surface area contributed by atoms with Crippen LogP contribution >= 0.6 is 0 Å². The number of hydrogen-bond donors (Lipinski definition) is 2. The molecular weight excluding hydrogens is 328 g/mol. The highest BCUT2D eigenvalue weighted by Crippen LogP contribution is 2.23. The Bertz CT molecular complexity index is 730. The molecule has 5 nitrogen and oxygen atoms in total. The fraction of sp³-hybridized carbons (Fsp3) is 0.381. The molecule has 0 saturated carbocycles. The summed E-state index contributed by atoms with van der Waals surface area (Å²) in [4.78, 5) is 14.3. The molecule has 0 aromatic heterocycles. The summed E-state index contributed by atoms with van der Waals surface area (Å²) in [6.07, 6.45) is 2.07. The zero-order valence-corrected chi connectivity index (χ0v) is 15.1. The highest BCUT2D eigenvalue weighted by atomic mass is 16.5. The van der Waals surface area contributed by atoms with Crippen LogP contribution in [0.4, 0.5) is 5.69 Å². The maximum Gasteiger partial charge on any atom is 0.238 e. The molecule has 2 aromatic rings. The smallest absolute Gasteiger partial charge is 0.238 e. The third kappa shape index (κ3) is 5.31. The standard InChI is InChI=1S/C21H26N2O3/c1-16-4-2-6-20(12-16)26-19-9-7-18(8-10-19)22-21(25)14-23-11-3-5-17(13-23)15-24/h2,4,6-10,12,17,24H,3,5,11,13-15H2,1H3,(H,22,25). The minimum Gasteiger partial charge on any atom is -0.457 e. The number of carbonyl (C=O) groups is 1. The van der Waals surface area contributed by atoms with Crippen LogP contribution in [0.3, 0.4) is 0 Å². The minimum atomic E-state index is -0.0315. The van der Waals surface area contributed by atoms with Gasteiger partial charge in [-0.2, -0.15) is 0 Å². The number of anilines is 1. The number of aliphatic hydroxyl groups excluding tert-OH is 1. The third-order valence-corrected chi connectivity index (χ3v) is 4.59. The van der Waals surface area contributed by atoms with Crippen LogP contribution in [-0.4, -0.2) is 42.2 Å². The molecule has 0 bridgehead atoms. The van der Waals surface area contributed by atoms with E-state index in [1.165, 1.54) is 0 Å². The first kappa shape index (κ1) is 18.4. The normalized spacial score (nSPS) is 17.7. The van der Waals surface area contributed by atoms with Crippen LogP contribution in [0, 0.1) is 12.8 Å². The molecule has 1 atom stereocenters. The van der Waals surface area contributed by atoms with E-state index in [0.29, 0.717) is 6.54 Å². The highest BCUT2D eigenvalue weighted by molar-refractivity contribution is 5.92. The van der Waals surface area contributed by atoms with Crippen LogP contribution < -0.4 is 10.1 Å². The summed E-state index contributed by atoms with van der Waals surface area (Å²) in [5.41, 5.74) is 1.90. The van der Waals surface area contributed by atoms with Crippen LogP contribution in [0.5, 0.6) is 11.5 Å². The first-order valence-corrected chi connectivity index (χ1v) is 9.10. The van der Waals surface area contributed by atoms with Gasteiger partial charge in [0.05, 0.1) is 6.54 Å². The van der Waals surface area contributed by atoms with Gasteiger partial charge < -0.3 is 15.2 Å². The molecule has 0 aliphatic carbocycles. The number of nitrogens with zero attached hydrogens (tertiary/aromatic N) is 1. The Balaban J connectivity index is 1.51. The average molecular weight is 354 g/mol. The number of likely N-dealkylation sites (tertiary alicyclic amines) is 1. The van der Waals surface area contributed by atoms with E-state index >= 15 is 0 Å². The van der Waals surface area contributed by atoms with E-state index in [9.17, 15) is 9.90 Å². The molecule has 1 aliphatic rings. The molecule has 1 amide bonds. The van der Waals surface area contributed by atoms with E-state index < -0.39 is 0 Å². The maximum atomic E-state index is 12.2. The molecule has 1 saturated heterocycles. The number of hydrogen-bond acceptors (Lipinski definition) is 4. The molecule has 1 fully saturated rings. The third-order valence-electron chi connectivity index (χ3n) is 4.59. The number of benzene rings is 2. The first-order chi connectivity index (χ1) is 12.6. The van der Waals surface area contributed by atoms with Gasteiger partial charge in [0.15, 0.2) is 0 Å². The van der Waals surface area contributed by atoms with Gasteiger partial charge in [0.25, 0.3) is 0 Å². The van der Waals surface area contributed by atoms with Gasteiger partial charge >= 0.3 is 0 Å².